The van der Waals surface area contributed by atoms with Crippen molar-refractivity contribution >= 4 is 21.8 Å². The number of benzene rings is 1. The minimum absolute atomic E-state index is 0.0499. The van der Waals surface area contributed by atoms with Crippen molar-refractivity contribution in [3.63, 3.8) is 0 Å². The van der Waals surface area contributed by atoms with Gasteiger partial charge in [-0.1, -0.05) is 22.0 Å². The second-order valence-electron chi connectivity index (χ2n) is 3.55. The van der Waals surface area contributed by atoms with E-state index in [1.54, 1.807) is 7.11 Å². The van der Waals surface area contributed by atoms with Crippen molar-refractivity contribution in [1.29, 1.82) is 0 Å². The quantitative estimate of drug-likeness (QED) is 0.817. The second kappa shape index (κ2) is 7.17. The first-order chi connectivity index (χ1) is 8.15. The van der Waals surface area contributed by atoms with Crippen molar-refractivity contribution < 1.29 is 14.3 Å². The van der Waals surface area contributed by atoms with E-state index in [9.17, 15) is 4.79 Å². The first-order valence-corrected chi connectivity index (χ1v) is 6.41. The number of methoxy groups -OCH3 is 1. The summed E-state index contributed by atoms with van der Waals surface area (Å²) in [7, 11) is 1.61. The van der Waals surface area contributed by atoms with Crippen molar-refractivity contribution in [3.8, 4) is 11.5 Å². The first-order valence-electron chi connectivity index (χ1n) is 5.29. The van der Waals surface area contributed by atoms with Gasteiger partial charge in [-0.05, 0) is 19.1 Å². The van der Waals surface area contributed by atoms with Crippen LogP contribution >= 0.6 is 15.9 Å². The molecule has 1 N–H and O–H groups in total. The van der Waals surface area contributed by atoms with Gasteiger partial charge in [0.05, 0.1) is 19.0 Å². The van der Waals surface area contributed by atoms with Crippen LogP contribution in [0.25, 0.3) is 0 Å². The third-order valence-corrected chi connectivity index (χ3v) is 2.60. The minimum Gasteiger partial charge on any atom is -0.497 e. The molecule has 0 aliphatic carbocycles. The molecule has 0 bridgehead atoms. The number of alkyl halides is 1. The molecule has 0 heterocycles. The van der Waals surface area contributed by atoms with E-state index in [0.29, 0.717) is 11.9 Å². The molecule has 0 spiro atoms. The van der Waals surface area contributed by atoms with Crippen LogP contribution in [0.2, 0.25) is 0 Å². The van der Waals surface area contributed by atoms with E-state index < -0.39 is 0 Å². The zero-order chi connectivity index (χ0) is 12.7. The van der Waals surface area contributed by atoms with Crippen LogP contribution in [0.15, 0.2) is 24.3 Å². The van der Waals surface area contributed by atoms with Gasteiger partial charge >= 0.3 is 0 Å². The van der Waals surface area contributed by atoms with Crippen LogP contribution < -0.4 is 14.8 Å². The molecule has 1 unspecified atom stereocenters. The maximum absolute atomic E-state index is 11.0. The van der Waals surface area contributed by atoms with Crippen LogP contribution in [-0.2, 0) is 4.79 Å². The van der Waals surface area contributed by atoms with E-state index in [4.69, 9.17) is 9.47 Å². The van der Waals surface area contributed by atoms with Crippen molar-refractivity contribution in [2.45, 2.75) is 13.0 Å². The smallest absolute Gasteiger partial charge is 0.230 e. The van der Waals surface area contributed by atoms with Gasteiger partial charge in [0, 0.05) is 6.07 Å². The van der Waals surface area contributed by atoms with Crippen LogP contribution in [0.1, 0.15) is 6.92 Å². The Labute approximate surface area is 109 Å². The maximum atomic E-state index is 11.0. The number of carbonyl (C=O) groups excluding carboxylic acids is 1. The fraction of sp³-hybridized carbons (Fsp3) is 0.417. The van der Waals surface area contributed by atoms with Gasteiger partial charge in [-0.25, -0.2) is 0 Å². The Balaban J connectivity index is 2.44. The monoisotopic (exact) mass is 301 g/mol. The van der Waals surface area contributed by atoms with Crippen LogP contribution in [0, 0.1) is 0 Å². The molecular weight excluding hydrogens is 286 g/mol. The second-order valence-corrected chi connectivity index (χ2v) is 4.11. The number of amides is 1. The number of carbonyl (C=O) groups is 1. The Morgan fingerprint density at radius 3 is 2.82 bits per heavy atom. The van der Waals surface area contributed by atoms with Gasteiger partial charge < -0.3 is 14.8 Å². The van der Waals surface area contributed by atoms with Crippen molar-refractivity contribution in [2.24, 2.45) is 0 Å². The lowest BCUT2D eigenvalue weighted by Gasteiger charge is -2.15. The Morgan fingerprint density at radius 1 is 1.47 bits per heavy atom. The number of hydrogen-bond acceptors (Lipinski definition) is 3. The molecule has 0 radical (unpaired) electrons. The Kier molecular flexibility index (Phi) is 5.83. The highest BCUT2D eigenvalue weighted by Crippen LogP contribution is 2.19. The number of halogens is 1. The van der Waals surface area contributed by atoms with E-state index in [2.05, 4.69) is 21.2 Å². The standard InChI is InChI=1S/C12H16BrNO3/c1-9(8-14-12(15)7-13)17-11-5-3-4-10(6-11)16-2/h3-6,9H,7-8H2,1-2H3,(H,14,15). The molecule has 1 atom stereocenters. The fourth-order valence-corrected chi connectivity index (χ4v) is 1.45. The van der Waals surface area contributed by atoms with E-state index in [0.717, 1.165) is 11.5 Å². The summed E-state index contributed by atoms with van der Waals surface area (Å²) in [6, 6.07) is 7.37. The van der Waals surface area contributed by atoms with Gasteiger partial charge in [0.1, 0.15) is 17.6 Å². The lowest BCUT2D eigenvalue weighted by Crippen LogP contribution is -2.34. The zero-order valence-corrected chi connectivity index (χ0v) is 11.5. The van der Waals surface area contributed by atoms with Gasteiger partial charge in [-0.3, -0.25) is 4.79 Å². The molecule has 1 aromatic carbocycles. The predicted octanol–water partition coefficient (Wildman–Crippen LogP) is 1.97. The lowest BCUT2D eigenvalue weighted by molar-refractivity contribution is -0.118. The molecule has 1 rings (SSSR count). The van der Waals surface area contributed by atoms with Crippen molar-refractivity contribution in [2.75, 3.05) is 19.0 Å². The normalized spacial score (nSPS) is 11.7. The SMILES string of the molecule is COc1cccc(OC(C)CNC(=O)CBr)c1. The van der Waals surface area contributed by atoms with E-state index in [1.165, 1.54) is 0 Å². The zero-order valence-electron chi connectivity index (χ0n) is 9.90. The number of ether oxygens (including phenoxy) is 2. The molecular formula is C12H16BrNO3. The number of nitrogens with one attached hydrogen (secondary N) is 1. The lowest BCUT2D eigenvalue weighted by atomic mass is 10.3. The molecule has 1 aromatic rings. The topological polar surface area (TPSA) is 47.6 Å². The van der Waals surface area contributed by atoms with Gasteiger partial charge in [-0.2, -0.15) is 0 Å². The third-order valence-electron chi connectivity index (χ3n) is 2.09. The summed E-state index contributed by atoms with van der Waals surface area (Å²) in [6.45, 7) is 2.37. The molecule has 0 aromatic heterocycles. The highest BCUT2D eigenvalue weighted by atomic mass is 79.9. The summed E-state index contributed by atoms with van der Waals surface area (Å²) >= 11 is 3.08. The van der Waals surface area contributed by atoms with E-state index in [-0.39, 0.29) is 12.0 Å². The van der Waals surface area contributed by atoms with Crippen molar-refractivity contribution in [1.82, 2.24) is 5.32 Å². The summed E-state index contributed by atoms with van der Waals surface area (Å²) in [5.41, 5.74) is 0. The average Bonchev–Trinajstić information content (AvgIpc) is 2.36. The molecule has 5 heteroatoms. The molecule has 4 nitrogen and oxygen atoms in total. The van der Waals surface area contributed by atoms with Gasteiger partial charge in [0.2, 0.25) is 5.91 Å². The average molecular weight is 302 g/mol. The van der Waals surface area contributed by atoms with E-state index >= 15 is 0 Å². The predicted molar refractivity (Wildman–Crippen MR) is 69.9 cm³/mol. The fourth-order valence-electron chi connectivity index (χ4n) is 1.25. The van der Waals surface area contributed by atoms with Gasteiger partial charge in [0.25, 0.3) is 0 Å². The summed E-state index contributed by atoms with van der Waals surface area (Å²) in [5.74, 6) is 1.43. The Bertz CT molecular complexity index is 371. The molecule has 0 aliphatic heterocycles. The highest BCUT2D eigenvalue weighted by Gasteiger charge is 2.06. The molecule has 1 amide bonds. The molecule has 94 valence electrons. The van der Waals surface area contributed by atoms with Crippen LogP contribution in [0.4, 0.5) is 0 Å². The summed E-state index contributed by atoms with van der Waals surface area (Å²) < 4.78 is 10.7. The summed E-state index contributed by atoms with van der Waals surface area (Å²) in [4.78, 5) is 11.0. The van der Waals surface area contributed by atoms with Crippen LogP contribution in [0.3, 0.4) is 0 Å². The van der Waals surface area contributed by atoms with Crippen LogP contribution in [0.5, 0.6) is 11.5 Å². The molecule has 0 fully saturated rings. The largest absolute Gasteiger partial charge is 0.497 e. The van der Waals surface area contributed by atoms with Gasteiger partial charge in [0.15, 0.2) is 0 Å². The summed E-state index contributed by atoms with van der Waals surface area (Å²) in [6.07, 6.45) is -0.0925. The summed E-state index contributed by atoms with van der Waals surface area (Å²) in [5, 5.41) is 3.04. The molecule has 0 saturated carbocycles. The van der Waals surface area contributed by atoms with Crippen LogP contribution in [-0.4, -0.2) is 31.0 Å². The maximum Gasteiger partial charge on any atom is 0.230 e. The van der Waals surface area contributed by atoms with Gasteiger partial charge in [-0.15, -0.1) is 0 Å². The third kappa shape index (κ3) is 5.08. The molecule has 17 heavy (non-hydrogen) atoms. The number of hydrogen-bond donors (Lipinski definition) is 1. The Hall–Kier alpha value is -1.23. The first kappa shape index (κ1) is 13.8. The molecule has 0 aliphatic rings. The molecule has 0 saturated heterocycles. The van der Waals surface area contributed by atoms with E-state index in [1.807, 2.05) is 31.2 Å². The highest BCUT2D eigenvalue weighted by molar-refractivity contribution is 9.09. The van der Waals surface area contributed by atoms with Crippen molar-refractivity contribution in [3.05, 3.63) is 24.3 Å². The minimum atomic E-state index is -0.0925. The Morgan fingerprint density at radius 2 is 2.18 bits per heavy atom. The number of rotatable bonds is 6.